The lowest BCUT2D eigenvalue weighted by molar-refractivity contribution is 0.122. The van der Waals surface area contributed by atoms with Crippen molar-refractivity contribution in [3.05, 3.63) is 15.5 Å². The second-order valence-electron chi connectivity index (χ2n) is 3.69. The van der Waals surface area contributed by atoms with E-state index in [1.54, 1.807) is 6.20 Å². The summed E-state index contributed by atoms with van der Waals surface area (Å²) in [5.41, 5.74) is 6.11. The van der Waals surface area contributed by atoms with Gasteiger partial charge in [-0.15, -0.1) is 11.3 Å². The van der Waals surface area contributed by atoms with Crippen LogP contribution in [0.3, 0.4) is 0 Å². The normalized spacial score (nSPS) is 25.8. The summed E-state index contributed by atoms with van der Waals surface area (Å²) in [7, 11) is 0. The maximum Gasteiger partial charge on any atom is 0.183 e. The maximum atomic E-state index is 8.75. The molecule has 1 atom stereocenters. The van der Waals surface area contributed by atoms with Gasteiger partial charge in [0.1, 0.15) is 5.79 Å². The van der Waals surface area contributed by atoms with Gasteiger partial charge in [-0.1, -0.05) is 11.6 Å². The molecule has 7 heteroatoms. The Bertz CT molecular complexity index is 414. The molecule has 1 saturated heterocycles. The minimum Gasteiger partial charge on any atom is -0.300 e. The van der Waals surface area contributed by atoms with Gasteiger partial charge in [-0.2, -0.15) is 5.26 Å². The summed E-state index contributed by atoms with van der Waals surface area (Å²) < 4.78 is 0.532. The third-order valence-corrected chi connectivity index (χ3v) is 3.70. The van der Waals surface area contributed by atoms with Crippen molar-refractivity contribution >= 4 is 22.9 Å². The monoisotopic (exact) mass is 257 g/mol. The maximum absolute atomic E-state index is 8.75. The summed E-state index contributed by atoms with van der Waals surface area (Å²) in [5.74, 6) is -0.717. The summed E-state index contributed by atoms with van der Waals surface area (Å²) in [6, 6.07) is 2.10. The quantitative estimate of drug-likeness (QED) is 0.835. The van der Waals surface area contributed by atoms with Gasteiger partial charge in [0.2, 0.25) is 0 Å². The van der Waals surface area contributed by atoms with Crippen LogP contribution in [0, 0.1) is 11.3 Å². The molecule has 2 heterocycles. The zero-order valence-corrected chi connectivity index (χ0v) is 10.2. The highest BCUT2D eigenvalue weighted by Gasteiger charge is 2.36. The highest BCUT2D eigenvalue weighted by molar-refractivity contribution is 7.15. The van der Waals surface area contributed by atoms with E-state index in [1.807, 2.05) is 4.90 Å². The van der Waals surface area contributed by atoms with E-state index < -0.39 is 5.79 Å². The lowest BCUT2D eigenvalue weighted by Crippen LogP contribution is -2.58. The molecule has 1 aromatic rings. The molecule has 1 aliphatic heterocycles. The Hall–Kier alpha value is -0.710. The highest BCUT2D eigenvalue weighted by Crippen LogP contribution is 2.23. The first kappa shape index (κ1) is 11.8. The molecule has 0 aromatic carbocycles. The van der Waals surface area contributed by atoms with E-state index in [1.165, 1.54) is 11.3 Å². The number of nitriles is 1. The van der Waals surface area contributed by atoms with Crippen molar-refractivity contribution in [3.8, 4) is 6.07 Å². The number of hydrogen-bond acceptors (Lipinski definition) is 6. The number of rotatable bonds is 3. The number of nitrogens with one attached hydrogen (secondary N) is 1. The Kier molecular flexibility index (Phi) is 3.42. The van der Waals surface area contributed by atoms with Gasteiger partial charge in [0.15, 0.2) is 4.47 Å². The zero-order chi connectivity index (χ0) is 11.6. The van der Waals surface area contributed by atoms with Gasteiger partial charge in [0.25, 0.3) is 0 Å². The summed E-state index contributed by atoms with van der Waals surface area (Å²) in [6.07, 6.45) is 2.01. The van der Waals surface area contributed by atoms with Crippen molar-refractivity contribution < 1.29 is 0 Å². The number of halogens is 1. The molecule has 2 rings (SSSR count). The van der Waals surface area contributed by atoms with Gasteiger partial charge >= 0.3 is 0 Å². The molecule has 0 spiro atoms. The fourth-order valence-corrected chi connectivity index (χ4v) is 2.77. The molecule has 16 heavy (non-hydrogen) atoms. The summed E-state index contributed by atoms with van der Waals surface area (Å²) in [4.78, 5) is 7.08. The van der Waals surface area contributed by atoms with Crippen LogP contribution in [-0.4, -0.2) is 28.8 Å². The molecule has 1 unspecified atom stereocenters. The first-order chi connectivity index (χ1) is 7.64. The number of nitrogens with two attached hydrogens (primary N) is 1. The molecular weight excluding hydrogens is 246 g/mol. The average molecular weight is 258 g/mol. The minimum atomic E-state index is -0.717. The molecule has 5 nitrogen and oxygen atoms in total. The zero-order valence-electron chi connectivity index (χ0n) is 8.61. The molecule has 0 aliphatic carbocycles. The van der Waals surface area contributed by atoms with Crippen LogP contribution in [0.1, 0.15) is 11.3 Å². The molecule has 0 saturated carbocycles. The molecule has 1 aliphatic rings. The highest BCUT2D eigenvalue weighted by atomic mass is 35.5. The second-order valence-corrected chi connectivity index (χ2v) is 5.38. The van der Waals surface area contributed by atoms with Gasteiger partial charge in [-0.05, 0) is 0 Å². The van der Waals surface area contributed by atoms with Gasteiger partial charge in [0.05, 0.1) is 12.5 Å². The third-order valence-electron chi connectivity index (χ3n) is 2.60. The SMILES string of the molecule is N#CCC1(N)NCCN1Cc1cnc(Cl)s1. The van der Waals surface area contributed by atoms with Crippen molar-refractivity contribution in [2.75, 3.05) is 13.1 Å². The largest absolute Gasteiger partial charge is 0.300 e. The summed E-state index contributed by atoms with van der Waals surface area (Å²) in [6.45, 7) is 2.30. The van der Waals surface area contributed by atoms with Crippen LogP contribution in [0.25, 0.3) is 0 Å². The first-order valence-electron chi connectivity index (χ1n) is 4.90. The third kappa shape index (κ3) is 2.34. The van der Waals surface area contributed by atoms with E-state index in [4.69, 9.17) is 22.6 Å². The van der Waals surface area contributed by atoms with Gasteiger partial charge in [0, 0.05) is 30.7 Å². The predicted octanol–water partition coefficient (Wildman–Crippen LogP) is 0.728. The minimum absolute atomic E-state index is 0.263. The second kappa shape index (κ2) is 4.65. The van der Waals surface area contributed by atoms with Gasteiger partial charge in [-0.25, -0.2) is 4.98 Å². The fraction of sp³-hybridized carbons (Fsp3) is 0.556. The van der Waals surface area contributed by atoms with E-state index >= 15 is 0 Å². The standard InChI is InChI=1S/C9H12ClN5S/c10-8-13-5-7(16-8)6-15-4-3-14-9(15,12)1-2-11/h5,14H,1,3-4,6,12H2. The number of thiazole rings is 1. The number of hydrogen-bond donors (Lipinski definition) is 2. The molecule has 86 valence electrons. The Morgan fingerprint density at radius 2 is 2.62 bits per heavy atom. The fourth-order valence-electron chi connectivity index (χ4n) is 1.78. The summed E-state index contributed by atoms with van der Waals surface area (Å²) >= 11 is 7.21. The van der Waals surface area contributed by atoms with Crippen LogP contribution in [0.15, 0.2) is 6.20 Å². The lowest BCUT2D eigenvalue weighted by Gasteiger charge is -2.32. The predicted molar refractivity (Wildman–Crippen MR) is 62.7 cm³/mol. The Morgan fingerprint density at radius 3 is 3.25 bits per heavy atom. The van der Waals surface area contributed by atoms with Crippen LogP contribution >= 0.6 is 22.9 Å². The van der Waals surface area contributed by atoms with E-state index in [-0.39, 0.29) is 6.42 Å². The average Bonchev–Trinajstić information content (AvgIpc) is 2.77. The van der Waals surface area contributed by atoms with Crippen molar-refractivity contribution in [2.24, 2.45) is 5.73 Å². The van der Waals surface area contributed by atoms with Crippen molar-refractivity contribution in [3.63, 3.8) is 0 Å². The lowest BCUT2D eigenvalue weighted by atomic mass is 10.2. The van der Waals surface area contributed by atoms with Crippen LogP contribution in [0.4, 0.5) is 0 Å². The number of nitrogens with zero attached hydrogens (tertiary/aromatic N) is 3. The topological polar surface area (TPSA) is 78.0 Å². The molecule has 0 bridgehead atoms. The van der Waals surface area contributed by atoms with Crippen molar-refractivity contribution in [2.45, 2.75) is 18.8 Å². The Labute approximate surface area is 103 Å². The van der Waals surface area contributed by atoms with Crippen LogP contribution < -0.4 is 11.1 Å². The molecule has 1 aromatic heterocycles. The molecule has 0 amide bonds. The van der Waals surface area contributed by atoms with Crippen LogP contribution in [0.2, 0.25) is 4.47 Å². The van der Waals surface area contributed by atoms with Gasteiger partial charge < -0.3 is 0 Å². The molecular formula is C9H12ClN5S. The summed E-state index contributed by atoms with van der Waals surface area (Å²) in [5, 5.41) is 11.9. The van der Waals surface area contributed by atoms with Crippen molar-refractivity contribution in [1.29, 1.82) is 5.26 Å². The van der Waals surface area contributed by atoms with E-state index in [2.05, 4.69) is 16.4 Å². The van der Waals surface area contributed by atoms with Crippen LogP contribution in [-0.2, 0) is 6.54 Å². The van der Waals surface area contributed by atoms with E-state index in [0.717, 1.165) is 18.0 Å². The van der Waals surface area contributed by atoms with E-state index in [0.29, 0.717) is 11.0 Å². The number of aromatic nitrogens is 1. The Morgan fingerprint density at radius 1 is 1.81 bits per heavy atom. The Balaban J connectivity index is 2.07. The van der Waals surface area contributed by atoms with Crippen LogP contribution in [0.5, 0.6) is 0 Å². The van der Waals surface area contributed by atoms with E-state index in [9.17, 15) is 0 Å². The smallest absolute Gasteiger partial charge is 0.183 e. The van der Waals surface area contributed by atoms with Gasteiger partial charge in [-0.3, -0.25) is 16.0 Å². The van der Waals surface area contributed by atoms with Crippen molar-refractivity contribution in [1.82, 2.24) is 15.2 Å². The molecule has 1 fully saturated rings. The molecule has 0 radical (unpaired) electrons. The first-order valence-corrected chi connectivity index (χ1v) is 6.09. The molecule has 3 N–H and O–H groups in total.